The van der Waals surface area contributed by atoms with E-state index < -0.39 is 42.1 Å². The Morgan fingerprint density at radius 2 is 2.12 bits per heavy atom. The smallest absolute Gasteiger partial charge is 0.390 e. The van der Waals surface area contributed by atoms with Gasteiger partial charge < -0.3 is 20.9 Å². The van der Waals surface area contributed by atoms with E-state index in [2.05, 4.69) is 20.3 Å². The number of ether oxygens (including phenoxy) is 1. The summed E-state index contributed by atoms with van der Waals surface area (Å²) in [6.07, 6.45) is -4.40. The minimum Gasteiger partial charge on any atom is -0.390 e. The monoisotopic (exact) mass is 471 g/mol. The van der Waals surface area contributed by atoms with Gasteiger partial charge in [0, 0.05) is 22.9 Å². The molecule has 3 atom stereocenters. The molecule has 1 aromatic carbocycles. The van der Waals surface area contributed by atoms with Crippen LogP contribution in [0, 0.1) is 11.7 Å². The van der Waals surface area contributed by atoms with Gasteiger partial charge in [0.25, 0.3) is 5.91 Å². The number of anilines is 1. The number of amidine groups is 1. The van der Waals surface area contributed by atoms with Gasteiger partial charge in [-0.1, -0.05) is 11.8 Å². The van der Waals surface area contributed by atoms with Crippen molar-refractivity contribution in [3.05, 3.63) is 53.4 Å². The van der Waals surface area contributed by atoms with Crippen LogP contribution in [-0.2, 0) is 16.9 Å². The van der Waals surface area contributed by atoms with Crippen molar-refractivity contribution in [1.82, 2.24) is 9.97 Å². The number of aliphatic hydroxyl groups excluding tert-OH is 1. The lowest BCUT2D eigenvalue weighted by Gasteiger charge is -2.36. The Hall–Kier alpha value is -2.77. The van der Waals surface area contributed by atoms with E-state index in [0.29, 0.717) is 0 Å². The zero-order valence-electron chi connectivity index (χ0n) is 16.3. The maximum atomic E-state index is 14.9. The van der Waals surface area contributed by atoms with E-state index in [1.165, 1.54) is 18.3 Å². The molecular formula is C19H17F4N5O3S. The number of carbonyl (C=O) groups is 1. The van der Waals surface area contributed by atoms with Crippen molar-refractivity contribution in [3.8, 4) is 0 Å². The number of aliphatic imine (C=N–C) groups is 1. The van der Waals surface area contributed by atoms with E-state index in [-0.39, 0.29) is 40.2 Å². The first kappa shape index (κ1) is 22.4. The van der Waals surface area contributed by atoms with E-state index in [9.17, 15) is 22.4 Å². The molecule has 4 rings (SSSR count). The van der Waals surface area contributed by atoms with E-state index in [1.54, 1.807) is 0 Å². The fourth-order valence-corrected chi connectivity index (χ4v) is 4.81. The number of benzene rings is 1. The lowest BCUT2D eigenvalue weighted by molar-refractivity contribution is -0.215. The van der Waals surface area contributed by atoms with E-state index in [1.807, 2.05) is 0 Å². The third-order valence-corrected chi connectivity index (χ3v) is 6.21. The van der Waals surface area contributed by atoms with Crippen molar-refractivity contribution in [2.45, 2.75) is 24.4 Å². The van der Waals surface area contributed by atoms with Crippen molar-refractivity contribution in [3.63, 3.8) is 0 Å². The van der Waals surface area contributed by atoms with Crippen molar-refractivity contribution >= 4 is 28.5 Å². The van der Waals surface area contributed by atoms with Crippen molar-refractivity contribution in [1.29, 1.82) is 0 Å². The van der Waals surface area contributed by atoms with Gasteiger partial charge >= 0.3 is 6.18 Å². The molecule has 4 N–H and O–H groups in total. The number of nitrogens with one attached hydrogen (secondary N) is 1. The molecule has 1 fully saturated rings. The number of nitrogens with two attached hydrogens (primary N) is 1. The largest absolute Gasteiger partial charge is 0.415 e. The van der Waals surface area contributed by atoms with Crippen LogP contribution >= 0.6 is 11.8 Å². The Morgan fingerprint density at radius 3 is 2.78 bits per heavy atom. The molecule has 3 heterocycles. The number of aliphatic hydroxyl groups is 1. The Morgan fingerprint density at radius 1 is 1.34 bits per heavy atom. The number of hydrogen-bond acceptors (Lipinski definition) is 8. The molecule has 1 aromatic heterocycles. The SMILES string of the molecule is NC1=N[C@@]2(c3cc(NC(=O)c4cnc(CO)cn4)ccc3F)CO[C@H](C(F)(F)F)[C@H]2CS1. The molecule has 13 heteroatoms. The van der Waals surface area contributed by atoms with Crippen molar-refractivity contribution in [2.24, 2.45) is 16.6 Å². The van der Waals surface area contributed by atoms with Crippen LogP contribution in [0.5, 0.6) is 0 Å². The molecule has 32 heavy (non-hydrogen) atoms. The summed E-state index contributed by atoms with van der Waals surface area (Å²) in [6.45, 7) is -0.853. The second kappa shape index (κ2) is 8.30. The molecular weight excluding hydrogens is 454 g/mol. The summed E-state index contributed by atoms with van der Waals surface area (Å²) in [7, 11) is 0. The number of halogens is 4. The van der Waals surface area contributed by atoms with Gasteiger partial charge in [-0.25, -0.2) is 14.4 Å². The summed E-state index contributed by atoms with van der Waals surface area (Å²) in [4.78, 5) is 24.4. The van der Waals surface area contributed by atoms with Crippen LogP contribution in [0.4, 0.5) is 23.2 Å². The summed E-state index contributed by atoms with van der Waals surface area (Å²) < 4.78 is 60.5. The first-order valence-corrected chi connectivity index (χ1v) is 10.3. The zero-order valence-corrected chi connectivity index (χ0v) is 17.1. The van der Waals surface area contributed by atoms with Crippen LogP contribution in [0.2, 0.25) is 0 Å². The molecule has 2 aliphatic heterocycles. The van der Waals surface area contributed by atoms with Crippen LogP contribution < -0.4 is 11.1 Å². The lowest BCUT2D eigenvalue weighted by Crippen LogP contribution is -2.46. The van der Waals surface area contributed by atoms with Crippen molar-refractivity contribution < 1.29 is 32.2 Å². The molecule has 0 aliphatic carbocycles. The first-order valence-electron chi connectivity index (χ1n) is 9.33. The van der Waals surface area contributed by atoms with Crippen LogP contribution in [0.25, 0.3) is 0 Å². The Labute approximate surface area is 183 Å². The Bertz CT molecular complexity index is 1070. The van der Waals surface area contributed by atoms with E-state index in [4.69, 9.17) is 15.6 Å². The summed E-state index contributed by atoms with van der Waals surface area (Å²) in [5.41, 5.74) is 4.27. The third-order valence-electron chi connectivity index (χ3n) is 5.30. The second-order valence-electron chi connectivity index (χ2n) is 7.26. The van der Waals surface area contributed by atoms with Gasteiger partial charge in [0.1, 0.15) is 17.1 Å². The lowest BCUT2D eigenvalue weighted by atomic mass is 9.78. The highest BCUT2D eigenvalue weighted by atomic mass is 32.2. The van der Waals surface area contributed by atoms with Crippen LogP contribution in [0.3, 0.4) is 0 Å². The first-order chi connectivity index (χ1) is 15.1. The predicted molar refractivity (Wildman–Crippen MR) is 107 cm³/mol. The molecule has 2 aliphatic rings. The molecule has 170 valence electrons. The number of aromatic nitrogens is 2. The molecule has 8 nitrogen and oxygen atoms in total. The highest BCUT2D eigenvalue weighted by molar-refractivity contribution is 8.13. The Kier molecular flexibility index (Phi) is 5.81. The number of carbonyl (C=O) groups excluding carboxylic acids is 1. The van der Waals surface area contributed by atoms with E-state index >= 15 is 0 Å². The van der Waals surface area contributed by atoms with Gasteiger partial charge in [0.2, 0.25) is 0 Å². The number of alkyl halides is 3. The minimum atomic E-state index is -4.66. The summed E-state index contributed by atoms with van der Waals surface area (Å²) in [5, 5.41) is 11.5. The average Bonchev–Trinajstić information content (AvgIpc) is 3.15. The highest BCUT2D eigenvalue weighted by Gasteiger charge is 2.62. The second-order valence-corrected chi connectivity index (χ2v) is 8.31. The summed E-state index contributed by atoms with van der Waals surface area (Å²) in [5.74, 6) is -2.72. The maximum absolute atomic E-state index is 14.9. The average molecular weight is 471 g/mol. The van der Waals surface area contributed by atoms with Crippen LogP contribution in [0.1, 0.15) is 21.7 Å². The molecule has 0 bridgehead atoms. The number of nitrogens with zero attached hydrogens (tertiary/aromatic N) is 3. The van der Waals surface area contributed by atoms with Crippen molar-refractivity contribution in [2.75, 3.05) is 17.7 Å². The Balaban J connectivity index is 1.68. The van der Waals surface area contributed by atoms with Gasteiger partial charge in [0.05, 0.1) is 31.3 Å². The molecule has 0 spiro atoms. The highest BCUT2D eigenvalue weighted by Crippen LogP contribution is 2.52. The standard InChI is InChI=1S/C19H17F4N5O3S/c20-13-2-1-9(27-16(30)14-5-25-10(6-29)4-26-14)3-11(13)18-8-31-15(19(21,22)23)12(18)7-32-17(24)28-18/h1-5,12,15,29H,6-8H2,(H2,24,28)(H,27,30)/t12-,15+,18-/m1/s1. The molecule has 0 radical (unpaired) electrons. The topological polar surface area (TPSA) is 123 Å². The fraction of sp³-hybridized carbons (Fsp3) is 0.368. The molecule has 1 saturated heterocycles. The molecule has 0 saturated carbocycles. The number of hydrogen-bond donors (Lipinski definition) is 3. The van der Waals surface area contributed by atoms with Gasteiger partial charge in [-0.15, -0.1) is 0 Å². The van der Waals surface area contributed by atoms with Crippen LogP contribution in [0.15, 0.2) is 35.6 Å². The minimum absolute atomic E-state index is 0.0285. The van der Waals surface area contributed by atoms with Gasteiger partial charge in [-0.05, 0) is 18.2 Å². The molecule has 0 unspecified atom stereocenters. The number of rotatable bonds is 4. The molecule has 2 aromatic rings. The summed E-state index contributed by atoms with van der Waals surface area (Å²) in [6, 6.07) is 3.52. The predicted octanol–water partition coefficient (Wildman–Crippen LogP) is 2.19. The normalized spacial score (nSPS) is 25.2. The number of fused-ring (bicyclic) bond motifs is 1. The molecule has 1 amide bonds. The van der Waals surface area contributed by atoms with Gasteiger partial charge in [-0.2, -0.15) is 13.2 Å². The zero-order chi connectivity index (χ0) is 23.1. The van der Waals surface area contributed by atoms with E-state index in [0.717, 1.165) is 24.0 Å². The summed E-state index contributed by atoms with van der Waals surface area (Å²) >= 11 is 0.951. The van der Waals surface area contributed by atoms with Gasteiger partial charge in [-0.3, -0.25) is 9.78 Å². The van der Waals surface area contributed by atoms with Gasteiger partial charge in [0.15, 0.2) is 11.3 Å². The number of thioether (sulfide) groups is 1. The number of amides is 1. The quantitative estimate of drug-likeness (QED) is 0.585. The maximum Gasteiger partial charge on any atom is 0.415 e. The third kappa shape index (κ3) is 4.02. The van der Waals surface area contributed by atoms with Crippen LogP contribution in [-0.4, -0.2) is 50.8 Å². The fourth-order valence-electron chi connectivity index (χ4n) is 3.78.